The minimum Gasteiger partial charge on any atom is -0.489 e. The smallest absolute Gasteiger partial charge is 0.349 e. The number of nitrogens with zero attached hydrogens (tertiary/aromatic N) is 1. The molecule has 0 saturated heterocycles. The number of hydrogen-bond donors (Lipinski definition) is 1. The third kappa shape index (κ3) is 6.32. The van der Waals surface area contributed by atoms with Gasteiger partial charge in [-0.25, -0.2) is 9.18 Å². The lowest BCUT2D eigenvalue weighted by Crippen LogP contribution is -2.21. The summed E-state index contributed by atoms with van der Waals surface area (Å²) in [7, 11) is 0. The number of nitrogens with two attached hydrogens (primary N) is 1. The van der Waals surface area contributed by atoms with Crippen molar-refractivity contribution < 1.29 is 28.1 Å². The van der Waals surface area contributed by atoms with E-state index in [1.807, 2.05) is 32.0 Å². The van der Waals surface area contributed by atoms with Crippen molar-refractivity contribution in [3.05, 3.63) is 129 Å². The van der Waals surface area contributed by atoms with Gasteiger partial charge in [0.05, 0.1) is 5.92 Å². The maximum atomic E-state index is 13.2. The second-order valence-electron chi connectivity index (χ2n) is 9.75. The fraction of sp³-hybridized carbons (Fsp3) is 0.152. The summed E-state index contributed by atoms with van der Waals surface area (Å²) in [5.41, 5.74) is 10.3. The van der Waals surface area contributed by atoms with Crippen molar-refractivity contribution in [3.8, 4) is 29.1 Å². The number of ether oxygens (including phenoxy) is 4. The molecule has 1 aliphatic rings. The number of halogens is 2. The van der Waals surface area contributed by atoms with Gasteiger partial charge in [0, 0.05) is 16.7 Å². The Morgan fingerprint density at radius 1 is 0.976 bits per heavy atom. The normalized spacial score (nSPS) is 13.9. The molecular weight excluding hydrogens is 559 g/mol. The van der Waals surface area contributed by atoms with Crippen molar-refractivity contribution in [2.45, 2.75) is 26.4 Å². The first-order valence-electron chi connectivity index (χ1n) is 13.0. The quantitative estimate of drug-likeness (QED) is 0.178. The van der Waals surface area contributed by atoms with Crippen LogP contribution in [-0.4, -0.2) is 12.6 Å². The number of fused-ring (bicyclic) bond motifs is 1. The molecule has 0 spiro atoms. The lowest BCUT2D eigenvalue weighted by Gasteiger charge is -2.27. The lowest BCUT2D eigenvalue weighted by atomic mass is 9.83. The number of aryl methyl sites for hydroxylation is 2. The van der Waals surface area contributed by atoms with Gasteiger partial charge in [-0.15, -0.1) is 0 Å². The molecule has 0 radical (unpaired) electrons. The van der Waals surface area contributed by atoms with Crippen molar-refractivity contribution in [1.82, 2.24) is 0 Å². The summed E-state index contributed by atoms with van der Waals surface area (Å²) in [6, 6.07) is 23.9. The Kier molecular flexibility index (Phi) is 8.32. The zero-order valence-electron chi connectivity index (χ0n) is 22.8. The monoisotopic (exact) mass is 584 g/mol. The van der Waals surface area contributed by atoms with Crippen LogP contribution < -0.4 is 24.7 Å². The Hall–Kier alpha value is -5.00. The zero-order valence-corrected chi connectivity index (χ0v) is 23.6. The number of rotatable bonds is 8. The predicted molar refractivity (Wildman–Crippen MR) is 155 cm³/mol. The highest BCUT2D eigenvalue weighted by Gasteiger charge is 2.31. The fourth-order valence-electron chi connectivity index (χ4n) is 4.67. The van der Waals surface area contributed by atoms with Crippen LogP contribution in [-0.2, 0) is 11.4 Å². The van der Waals surface area contributed by atoms with E-state index in [1.165, 1.54) is 12.1 Å². The third-order valence-electron chi connectivity index (χ3n) is 6.70. The molecule has 5 rings (SSSR count). The highest BCUT2D eigenvalue weighted by molar-refractivity contribution is 6.32. The number of hydrogen-bond acceptors (Lipinski definition) is 7. The molecule has 0 amide bonds. The Morgan fingerprint density at radius 3 is 2.43 bits per heavy atom. The molecule has 0 fully saturated rings. The van der Waals surface area contributed by atoms with Crippen LogP contribution in [0.1, 0.15) is 33.7 Å². The molecule has 212 valence electrons. The molecule has 4 aromatic rings. The Balaban J connectivity index is 1.32. The summed E-state index contributed by atoms with van der Waals surface area (Å²) in [6.45, 7) is 3.64. The number of carbonyl (C=O) groups excluding carboxylic acids is 1. The van der Waals surface area contributed by atoms with Gasteiger partial charge in [-0.05, 0) is 78.6 Å². The second-order valence-corrected chi connectivity index (χ2v) is 10.1. The Morgan fingerprint density at radius 2 is 1.71 bits per heavy atom. The summed E-state index contributed by atoms with van der Waals surface area (Å²) in [6.07, 6.45) is 0. The fourth-order valence-corrected chi connectivity index (χ4v) is 4.78. The predicted octanol–water partition coefficient (Wildman–Crippen LogP) is 6.88. The van der Waals surface area contributed by atoms with Crippen molar-refractivity contribution in [1.29, 1.82) is 5.26 Å². The van der Waals surface area contributed by atoms with E-state index in [4.69, 9.17) is 36.3 Å². The molecule has 1 aliphatic heterocycles. The van der Waals surface area contributed by atoms with E-state index in [1.54, 1.807) is 48.5 Å². The maximum absolute atomic E-state index is 13.2. The molecule has 0 aliphatic carbocycles. The molecule has 4 aromatic carbocycles. The molecule has 1 unspecified atom stereocenters. The summed E-state index contributed by atoms with van der Waals surface area (Å²) >= 11 is 6.20. The standard InChI is InChI=1S/C33H26ClFN2O5/c1-19-12-26(13-20(2)32(19)34)40-18-30(38)41-25-10-11-27-29(15-25)42-33(37)28(16-36)31(27)22-4-3-5-24(14-22)39-17-21-6-8-23(35)9-7-21/h3-15,31H,17-18,37H2,1-2H3. The molecule has 2 N–H and O–H groups in total. The van der Waals surface area contributed by atoms with Crippen LogP contribution in [0.5, 0.6) is 23.0 Å². The van der Waals surface area contributed by atoms with E-state index in [9.17, 15) is 14.4 Å². The van der Waals surface area contributed by atoms with Crippen molar-refractivity contribution in [2.75, 3.05) is 6.61 Å². The van der Waals surface area contributed by atoms with Gasteiger partial charge in [0.25, 0.3) is 0 Å². The minimum absolute atomic E-state index is 0.0482. The van der Waals surface area contributed by atoms with Crippen molar-refractivity contribution in [3.63, 3.8) is 0 Å². The third-order valence-corrected chi connectivity index (χ3v) is 7.30. The van der Waals surface area contributed by atoms with Crippen LogP contribution in [0, 0.1) is 31.0 Å². The first-order chi connectivity index (χ1) is 20.2. The van der Waals surface area contributed by atoms with Crippen molar-refractivity contribution in [2.24, 2.45) is 5.73 Å². The molecule has 1 atom stereocenters. The molecular formula is C33H26ClFN2O5. The molecule has 0 saturated carbocycles. The SMILES string of the molecule is Cc1cc(OCC(=O)Oc2ccc3c(c2)OC(N)=C(C#N)C3c2cccc(OCc3ccc(F)cc3)c2)cc(C)c1Cl. The number of benzene rings is 4. The van der Waals surface area contributed by atoms with Crippen LogP contribution in [0.15, 0.2) is 90.3 Å². The molecule has 1 heterocycles. The molecule has 0 bridgehead atoms. The summed E-state index contributed by atoms with van der Waals surface area (Å²) in [4.78, 5) is 12.5. The van der Waals surface area contributed by atoms with Gasteiger partial charge in [-0.2, -0.15) is 5.26 Å². The van der Waals surface area contributed by atoms with Crippen molar-refractivity contribution >= 4 is 17.6 Å². The Bertz CT molecular complexity index is 1710. The van der Waals surface area contributed by atoms with Crippen LogP contribution in [0.3, 0.4) is 0 Å². The van der Waals surface area contributed by atoms with Crippen LogP contribution in [0.4, 0.5) is 4.39 Å². The number of carbonyl (C=O) groups is 1. The highest BCUT2D eigenvalue weighted by Crippen LogP contribution is 2.44. The molecule has 9 heteroatoms. The zero-order chi connectivity index (χ0) is 29.8. The number of allylic oxidation sites excluding steroid dienone is 1. The lowest BCUT2D eigenvalue weighted by molar-refractivity contribution is -0.136. The summed E-state index contributed by atoms with van der Waals surface area (Å²) in [5.74, 6) is 0.136. The van der Waals surface area contributed by atoms with Gasteiger partial charge >= 0.3 is 5.97 Å². The van der Waals surface area contributed by atoms with Gasteiger partial charge in [0.1, 0.15) is 47.1 Å². The van der Waals surface area contributed by atoms with E-state index < -0.39 is 11.9 Å². The molecule has 0 aromatic heterocycles. The van der Waals surface area contributed by atoms with Gasteiger partial charge in [-0.3, -0.25) is 0 Å². The van der Waals surface area contributed by atoms with Gasteiger partial charge in [0.2, 0.25) is 5.88 Å². The largest absolute Gasteiger partial charge is 0.489 e. The van der Waals surface area contributed by atoms with E-state index in [0.29, 0.717) is 27.8 Å². The Labute approximate surface area is 247 Å². The topological polar surface area (TPSA) is 104 Å². The van der Waals surface area contributed by atoms with E-state index >= 15 is 0 Å². The minimum atomic E-state index is -0.611. The van der Waals surface area contributed by atoms with Gasteiger partial charge in [0.15, 0.2) is 6.61 Å². The van der Waals surface area contributed by atoms with Gasteiger partial charge in [-0.1, -0.05) is 41.9 Å². The average molecular weight is 585 g/mol. The first-order valence-corrected chi connectivity index (χ1v) is 13.4. The summed E-state index contributed by atoms with van der Waals surface area (Å²) in [5, 5.41) is 10.6. The summed E-state index contributed by atoms with van der Waals surface area (Å²) < 4.78 is 36.0. The van der Waals surface area contributed by atoms with E-state index in [2.05, 4.69) is 6.07 Å². The van der Waals surface area contributed by atoms with Gasteiger partial charge < -0.3 is 24.7 Å². The molecule has 7 nitrogen and oxygen atoms in total. The number of nitriles is 1. The van der Waals surface area contributed by atoms with E-state index in [0.717, 1.165) is 22.3 Å². The second kappa shape index (κ2) is 12.2. The van der Waals surface area contributed by atoms with Crippen LogP contribution >= 0.6 is 11.6 Å². The maximum Gasteiger partial charge on any atom is 0.349 e. The molecule has 42 heavy (non-hydrogen) atoms. The highest BCUT2D eigenvalue weighted by atomic mass is 35.5. The van der Waals surface area contributed by atoms with Crippen LogP contribution in [0.2, 0.25) is 5.02 Å². The first kappa shape index (κ1) is 28.5. The van der Waals surface area contributed by atoms with E-state index in [-0.39, 0.29) is 36.2 Å². The van der Waals surface area contributed by atoms with Crippen LogP contribution in [0.25, 0.3) is 0 Å². The number of esters is 1. The average Bonchev–Trinajstić information content (AvgIpc) is 2.98.